The summed E-state index contributed by atoms with van der Waals surface area (Å²) < 4.78 is 16.1. The van der Waals surface area contributed by atoms with E-state index in [0.29, 0.717) is 18.4 Å². The molecule has 1 unspecified atom stereocenters. The number of hydrogen-bond donors (Lipinski definition) is 2. The van der Waals surface area contributed by atoms with Gasteiger partial charge in [0.15, 0.2) is 17.5 Å². The Morgan fingerprint density at radius 2 is 2.07 bits per heavy atom. The molecule has 3 rings (SSSR count). The van der Waals surface area contributed by atoms with Gasteiger partial charge in [-0.05, 0) is 24.1 Å². The summed E-state index contributed by atoms with van der Waals surface area (Å²) in [5.74, 6) is 2.58. The summed E-state index contributed by atoms with van der Waals surface area (Å²) in [5, 5.41) is 6.41. The van der Waals surface area contributed by atoms with E-state index in [4.69, 9.17) is 14.2 Å². The van der Waals surface area contributed by atoms with Crippen LogP contribution in [0.4, 0.5) is 0 Å². The van der Waals surface area contributed by atoms with E-state index in [0.717, 1.165) is 43.2 Å². The van der Waals surface area contributed by atoms with E-state index in [1.807, 2.05) is 18.2 Å². The van der Waals surface area contributed by atoms with Crippen LogP contribution in [0.3, 0.4) is 0 Å². The Bertz CT molecular complexity index is 663. The van der Waals surface area contributed by atoms with Crippen LogP contribution in [0.25, 0.3) is 0 Å². The Kier molecular flexibility index (Phi) is 8.42. The first-order chi connectivity index (χ1) is 12.6. The number of carbonyl (C=O) groups is 1. The van der Waals surface area contributed by atoms with Crippen LogP contribution in [0.15, 0.2) is 23.2 Å². The smallest absolute Gasteiger partial charge is 0.241 e. The summed E-state index contributed by atoms with van der Waals surface area (Å²) in [6.45, 7) is 3.27. The zero-order chi connectivity index (χ0) is 18.4. The van der Waals surface area contributed by atoms with E-state index >= 15 is 0 Å². The number of halogens is 1. The zero-order valence-corrected chi connectivity index (χ0v) is 18.0. The van der Waals surface area contributed by atoms with Crippen molar-refractivity contribution in [2.45, 2.75) is 13.0 Å². The van der Waals surface area contributed by atoms with Crippen molar-refractivity contribution in [3.05, 3.63) is 23.8 Å². The van der Waals surface area contributed by atoms with Crippen LogP contribution in [-0.4, -0.2) is 64.0 Å². The van der Waals surface area contributed by atoms with Crippen LogP contribution < -0.4 is 20.1 Å². The molecule has 9 heteroatoms. The molecule has 0 saturated carbocycles. The van der Waals surface area contributed by atoms with Crippen molar-refractivity contribution in [2.75, 3.05) is 47.2 Å². The van der Waals surface area contributed by atoms with Crippen LogP contribution >= 0.6 is 24.0 Å². The Morgan fingerprint density at radius 1 is 1.26 bits per heavy atom. The van der Waals surface area contributed by atoms with Crippen LogP contribution in [0, 0.1) is 5.92 Å². The first-order valence-corrected chi connectivity index (χ1v) is 8.80. The molecule has 1 saturated heterocycles. The van der Waals surface area contributed by atoms with E-state index in [2.05, 4.69) is 15.6 Å². The monoisotopic (exact) mass is 490 g/mol. The first kappa shape index (κ1) is 21.5. The Hall–Kier alpha value is -1.75. The second-order valence-corrected chi connectivity index (χ2v) is 6.60. The van der Waals surface area contributed by atoms with E-state index in [-0.39, 0.29) is 43.2 Å². The fourth-order valence-electron chi connectivity index (χ4n) is 2.69. The first-order valence-electron chi connectivity index (χ1n) is 8.80. The Balaban J connectivity index is 0.00000261. The number of hydrogen-bond acceptors (Lipinski definition) is 5. The maximum Gasteiger partial charge on any atom is 0.241 e. The third kappa shape index (κ3) is 6.42. The quantitative estimate of drug-likeness (QED) is 0.354. The van der Waals surface area contributed by atoms with Crippen LogP contribution in [0.1, 0.15) is 12.0 Å². The molecule has 150 valence electrons. The molecule has 1 aromatic carbocycles. The molecular weight excluding hydrogens is 463 g/mol. The van der Waals surface area contributed by atoms with Crippen molar-refractivity contribution in [2.24, 2.45) is 10.9 Å². The summed E-state index contributed by atoms with van der Waals surface area (Å²) >= 11 is 0. The molecule has 0 radical (unpaired) electrons. The number of guanidine groups is 1. The van der Waals surface area contributed by atoms with Crippen molar-refractivity contribution in [3.8, 4) is 11.5 Å². The van der Waals surface area contributed by atoms with Crippen LogP contribution in [0.2, 0.25) is 0 Å². The number of likely N-dealkylation sites (N-methyl/N-ethyl adjacent to an activating group) is 1. The minimum absolute atomic E-state index is 0. The highest BCUT2D eigenvalue weighted by atomic mass is 127. The lowest BCUT2D eigenvalue weighted by atomic mass is 10.1. The number of carbonyl (C=O) groups excluding carboxylic acids is 1. The van der Waals surface area contributed by atoms with Gasteiger partial charge in [0.1, 0.15) is 0 Å². The van der Waals surface area contributed by atoms with Gasteiger partial charge in [-0.2, -0.15) is 0 Å². The lowest BCUT2D eigenvalue weighted by Gasteiger charge is -2.16. The average molecular weight is 490 g/mol. The van der Waals surface area contributed by atoms with Gasteiger partial charge in [-0.3, -0.25) is 4.79 Å². The highest BCUT2D eigenvalue weighted by Gasteiger charge is 2.16. The molecule has 1 atom stereocenters. The van der Waals surface area contributed by atoms with Gasteiger partial charge in [-0.15, -0.1) is 24.0 Å². The summed E-state index contributed by atoms with van der Waals surface area (Å²) in [6.07, 6.45) is 1.04. The second kappa shape index (κ2) is 10.5. The molecule has 2 aliphatic heterocycles. The predicted molar refractivity (Wildman–Crippen MR) is 113 cm³/mol. The number of benzene rings is 1. The minimum atomic E-state index is -0.00761. The number of rotatable bonds is 6. The molecule has 0 bridgehead atoms. The number of ether oxygens (including phenoxy) is 3. The SMILES string of the molecule is CN(C)C(=O)CNC(=NCc1ccc2c(c1)OCO2)NCC1CCOC1.I. The highest BCUT2D eigenvalue weighted by molar-refractivity contribution is 14.0. The zero-order valence-electron chi connectivity index (χ0n) is 15.7. The summed E-state index contributed by atoms with van der Waals surface area (Å²) in [4.78, 5) is 18.0. The highest BCUT2D eigenvalue weighted by Crippen LogP contribution is 2.32. The maximum atomic E-state index is 11.8. The molecule has 0 spiro atoms. The van der Waals surface area contributed by atoms with Crippen molar-refractivity contribution in [1.82, 2.24) is 15.5 Å². The number of fused-ring (bicyclic) bond motifs is 1. The number of nitrogens with one attached hydrogen (secondary N) is 2. The van der Waals surface area contributed by atoms with Crippen LogP contribution in [0.5, 0.6) is 11.5 Å². The van der Waals surface area contributed by atoms with E-state index < -0.39 is 0 Å². The lowest BCUT2D eigenvalue weighted by Crippen LogP contribution is -2.44. The second-order valence-electron chi connectivity index (χ2n) is 6.60. The molecule has 2 aliphatic rings. The van der Waals surface area contributed by atoms with Crippen molar-refractivity contribution < 1.29 is 19.0 Å². The largest absolute Gasteiger partial charge is 0.454 e. The summed E-state index contributed by atoms with van der Waals surface area (Å²) in [5.41, 5.74) is 1.01. The molecule has 27 heavy (non-hydrogen) atoms. The topological polar surface area (TPSA) is 84.4 Å². The molecule has 1 fully saturated rings. The minimum Gasteiger partial charge on any atom is -0.454 e. The average Bonchev–Trinajstić information content (AvgIpc) is 3.31. The van der Waals surface area contributed by atoms with Gasteiger partial charge in [0, 0.05) is 33.2 Å². The fourth-order valence-corrected chi connectivity index (χ4v) is 2.69. The molecular formula is C18H27IN4O4. The maximum absolute atomic E-state index is 11.8. The van der Waals surface area contributed by atoms with Gasteiger partial charge in [-0.25, -0.2) is 4.99 Å². The molecule has 0 aliphatic carbocycles. The van der Waals surface area contributed by atoms with Crippen molar-refractivity contribution >= 4 is 35.8 Å². The van der Waals surface area contributed by atoms with Gasteiger partial charge in [-0.1, -0.05) is 6.07 Å². The summed E-state index contributed by atoms with van der Waals surface area (Å²) in [7, 11) is 3.47. The molecule has 1 aromatic rings. The van der Waals surface area contributed by atoms with E-state index in [1.165, 1.54) is 0 Å². The van der Waals surface area contributed by atoms with Crippen molar-refractivity contribution in [3.63, 3.8) is 0 Å². The molecule has 1 amide bonds. The Labute approximate surface area is 176 Å². The third-order valence-corrected chi connectivity index (χ3v) is 4.34. The van der Waals surface area contributed by atoms with Gasteiger partial charge in [0.05, 0.1) is 19.7 Å². The predicted octanol–water partition coefficient (Wildman–Crippen LogP) is 1.19. The van der Waals surface area contributed by atoms with Gasteiger partial charge in [0.2, 0.25) is 12.7 Å². The number of aliphatic imine (C=N–C) groups is 1. The molecule has 2 heterocycles. The molecule has 0 aromatic heterocycles. The standard InChI is InChI=1S/C18H26N4O4.HI/c1-22(2)17(23)10-21-18(20-9-14-5-6-24-11-14)19-8-13-3-4-15-16(7-13)26-12-25-15;/h3-4,7,14H,5-6,8-12H2,1-2H3,(H2,19,20,21);1H. The molecule has 2 N–H and O–H groups in total. The number of amides is 1. The normalized spacial score (nSPS) is 18.0. The fraction of sp³-hybridized carbons (Fsp3) is 0.556. The Morgan fingerprint density at radius 3 is 2.81 bits per heavy atom. The number of nitrogens with zero attached hydrogens (tertiary/aromatic N) is 2. The van der Waals surface area contributed by atoms with Gasteiger partial charge < -0.3 is 29.7 Å². The summed E-state index contributed by atoms with van der Waals surface area (Å²) in [6, 6.07) is 5.78. The van der Waals surface area contributed by atoms with Crippen LogP contribution in [-0.2, 0) is 16.1 Å². The van der Waals surface area contributed by atoms with Gasteiger partial charge in [0.25, 0.3) is 0 Å². The van der Waals surface area contributed by atoms with Gasteiger partial charge >= 0.3 is 0 Å². The third-order valence-electron chi connectivity index (χ3n) is 4.34. The lowest BCUT2D eigenvalue weighted by molar-refractivity contribution is -0.127. The van der Waals surface area contributed by atoms with Crippen molar-refractivity contribution in [1.29, 1.82) is 0 Å². The van der Waals surface area contributed by atoms with E-state index in [9.17, 15) is 4.79 Å². The van der Waals surface area contributed by atoms with E-state index in [1.54, 1.807) is 19.0 Å². The molecule has 8 nitrogen and oxygen atoms in total.